The van der Waals surface area contributed by atoms with Gasteiger partial charge in [0, 0.05) is 13.1 Å². The molecule has 1 aliphatic rings. The number of nitrogens with zero attached hydrogens (tertiary/aromatic N) is 1. The van der Waals surface area contributed by atoms with Crippen LogP contribution in [0.5, 0.6) is 0 Å². The minimum Gasteiger partial charge on any atom is -0.480 e. The number of piperidine rings is 1. The number of hydrogen-bond acceptors (Lipinski definition) is 4. The van der Waals surface area contributed by atoms with Gasteiger partial charge < -0.3 is 10.4 Å². The minimum absolute atomic E-state index is 0.0398. The van der Waals surface area contributed by atoms with Crippen LogP contribution in [0.25, 0.3) is 0 Å². The van der Waals surface area contributed by atoms with Crippen molar-refractivity contribution < 1.29 is 23.1 Å². The van der Waals surface area contributed by atoms with E-state index in [1.165, 1.54) is 4.31 Å². The predicted octanol–water partition coefficient (Wildman–Crippen LogP) is -0.753. The molecule has 1 amide bonds. The molecule has 0 aromatic carbocycles. The molecule has 0 bridgehead atoms. The maximum absolute atomic E-state index is 11.4. The molecule has 18 heavy (non-hydrogen) atoms. The number of rotatable bonds is 6. The van der Waals surface area contributed by atoms with E-state index >= 15 is 0 Å². The Hall–Kier alpha value is -1.15. The normalized spacial score (nSPS) is 23.3. The highest BCUT2D eigenvalue weighted by Crippen LogP contribution is 2.22. The van der Waals surface area contributed by atoms with E-state index in [0.29, 0.717) is 25.9 Å². The van der Waals surface area contributed by atoms with Crippen LogP contribution in [0.3, 0.4) is 0 Å². The lowest BCUT2D eigenvalue weighted by Crippen LogP contribution is -2.43. The Morgan fingerprint density at radius 2 is 2.28 bits per heavy atom. The number of carboxylic acid groups (broad SMARTS) is 1. The molecule has 1 heterocycles. The van der Waals surface area contributed by atoms with Crippen LogP contribution in [0, 0.1) is 5.92 Å². The zero-order valence-electron chi connectivity index (χ0n) is 10.2. The van der Waals surface area contributed by atoms with E-state index in [0.717, 1.165) is 12.7 Å². The van der Waals surface area contributed by atoms with Crippen molar-refractivity contribution in [3.05, 3.63) is 0 Å². The lowest BCUT2D eigenvalue weighted by atomic mass is 9.92. The zero-order valence-corrected chi connectivity index (χ0v) is 11.0. The van der Waals surface area contributed by atoms with Gasteiger partial charge in [-0.05, 0) is 25.2 Å². The third-order valence-electron chi connectivity index (χ3n) is 3.09. The molecule has 1 fully saturated rings. The highest BCUT2D eigenvalue weighted by Gasteiger charge is 2.29. The Bertz CT molecular complexity index is 408. The van der Waals surface area contributed by atoms with Crippen LogP contribution < -0.4 is 5.32 Å². The zero-order chi connectivity index (χ0) is 13.8. The highest BCUT2D eigenvalue weighted by molar-refractivity contribution is 7.88. The molecule has 1 rings (SSSR count). The van der Waals surface area contributed by atoms with E-state index in [4.69, 9.17) is 5.11 Å². The van der Waals surface area contributed by atoms with Crippen molar-refractivity contribution in [2.24, 2.45) is 5.92 Å². The molecule has 7 nitrogen and oxygen atoms in total. The lowest BCUT2D eigenvalue weighted by Gasteiger charge is -2.32. The number of carboxylic acids is 1. The van der Waals surface area contributed by atoms with Crippen molar-refractivity contribution in [3.63, 3.8) is 0 Å². The maximum Gasteiger partial charge on any atom is 0.326 e. The predicted molar refractivity (Wildman–Crippen MR) is 64.4 cm³/mol. The van der Waals surface area contributed by atoms with Crippen molar-refractivity contribution in [1.29, 1.82) is 0 Å². The van der Waals surface area contributed by atoms with Gasteiger partial charge in [-0.25, -0.2) is 17.5 Å². The standard InChI is InChI=1S/C10H18N2O5S/c1-18(16,17)12-4-2-3-8(6-12)5-9(10(14)15)11-7-13/h7-9H,2-6H2,1H3,(H,11,13)(H,14,15). The van der Waals surface area contributed by atoms with Crippen molar-refractivity contribution in [2.75, 3.05) is 19.3 Å². The van der Waals surface area contributed by atoms with Gasteiger partial charge in [-0.1, -0.05) is 0 Å². The van der Waals surface area contributed by atoms with E-state index in [1.54, 1.807) is 0 Å². The summed E-state index contributed by atoms with van der Waals surface area (Å²) in [7, 11) is -3.23. The van der Waals surface area contributed by atoms with E-state index < -0.39 is 22.0 Å². The SMILES string of the molecule is CS(=O)(=O)N1CCCC(CC(NC=O)C(=O)O)C1. The van der Waals surface area contributed by atoms with Gasteiger partial charge in [0.25, 0.3) is 0 Å². The molecular weight excluding hydrogens is 260 g/mol. The molecular formula is C10H18N2O5S. The molecule has 8 heteroatoms. The van der Waals surface area contributed by atoms with Crippen LogP contribution in [-0.4, -0.2) is 55.6 Å². The van der Waals surface area contributed by atoms with E-state index in [2.05, 4.69) is 5.32 Å². The summed E-state index contributed by atoms with van der Waals surface area (Å²) in [6.45, 7) is 0.803. The largest absolute Gasteiger partial charge is 0.480 e. The molecule has 0 spiro atoms. The quantitative estimate of drug-likeness (QED) is 0.622. The van der Waals surface area contributed by atoms with E-state index in [9.17, 15) is 18.0 Å². The summed E-state index contributed by atoms with van der Waals surface area (Å²) in [5.74, 6) is -1.14. The molecule has 0 aliphatic carbocycles. The number of amides is 1. The summed E-state index contributed by atoms with van der Waals surface area (Å²) in [6.07, 6.45) is 3.24. The summed E-state index contributed by atoms with van der Waals surface area (Å²) in [5.41, 5.74) is 0. The Labute approximate surface area is 106 Å². The van der Waals surface area contributed by atoms with Crippen molar-refractivity contribution in [2.45, 2.75) is 25.3 Å². The maximum atomic E-state index is 11.4. The fraction of sp³-hybridized carbons (Fsp3) is 0.800. The number of aliphatic carboxylic acids is 1. The van der Waals surface area contributed by atoms with Crippen LogP contribution in [-0.2, 0) is 19.6 Å². The van der Waals surface area contributed by atoms with Crippen LogP contribution in [0.15, 0.2) is 0 Å². The topological polar surface area (TPSA) is 104 Å². The number of hydrogen-bond donors (Lipinski definition) is 2. The fourth-order valence-corrected chi connectivity index (χ4v) is 3.12. The number of carbonyl (C=O) groups excluding carboxylic acids is 1. The number of sulfonamides is 1. The Morgan fingerprint density at radius 1 is 1.61 bits per heavy atom. The molecule has 0 radical (unpaired) electrons. The molecule has 1 aliphatic heterocycles. The molecule has 0 saturated carbocycles. The second-order valence-electron chi connectivity index (χ2n) is 4.54. The molecule has 2 atom stereocenters. The first-order valence-corrected chi connectivity index (χ1v) is 7.57. The molecule has 2 N–H and O–H groups in total. The van der Waals surface area contributed by atoms with Crippen LogP contribution >= 0.6 is 0 Å². The van der Waals surface area contributed by atoms with Crippen molar-refractivity contribution >= 4 is 22.4 Å². The lowest BCUT2D eigenvalue weighted by molar-refractivity contribution is -0.141. The highest BCUT2D eigenvalue weighted by atomic mass is 32.2. The molecule has 0 aromatic heterocycles. The van der Waals surface area contributed by atoms with E-state index in [1.807, 2.05) is 0 Å². The number of carbonyl (C=O) groups is 2. The van der Waals surface area contributed by atoms with Crippen LogP contribution in [0.4, 0.5) is 0 Å². The number of nitrogens with one attached hydrogen (secondary N) is 1. The van der Waals surface area contributed by atoms with Gasteiger partial charge in [-0.15, -0.1) is 0 Å². The second kappa shape index (κ2) is 6.14. The van der Waals surface area contributed by atoms with Gasteiger partial charge in [0.05, 0.1) is 6.26 Å². The third kappa shape index (κ3) is 4.26. The minimum atomic E-state index is -3.23. The fourth-order valence-electron chi connectivity index (χ4n) is 2.18. The van der Waals surface area contributed by atoms with Crippen LogP contribution in [0.1, 0.15) is 19.3 Å². The van der Waals surface area contributed by atoms with Gasteiger partial charge >= 0.3 is 5.97 Å². The molecule has 104 valence electrons. The third-order valence-corrected chi connectivity index (χ3v) is 4.36. The summed E-state index contributed by atoms with van der Waals surface area (Å²) in [4.78, 5) is 21.2. The van der Waals surface area contributed by atoms with Gasteiger partial charge in [0.15, 0.2) is 0 Å². The average molecular weight is 278 g/mol. The summed E-state index contributed by atoms with van der Waals surface area (Å²) in [6, 6.07) is -0.952. The summed E-state index contributed by atoms with van der Waals surface area (Å²) in [5, 5.41) is 11.1. The van der Waals surface area contributed by atoms with Crippen LogP contribution in [0.2, 0.25) is 0 Å². The van der Waals surface area contributed by atoms with Gasteiger partial charge in [-0.3, -0.25) is 4.79 Å². The molecule has 2 unspecified atom stereocenters. The average Bonchev–Trinajstić information content (AvgIpc) is 2.27. The summed E-state index contributed by atoms with van der Waals surface area (Å²) < 4.78 is 24.2. The van der Waals surface area contributed by atoms with Crippen molar-refractivity contribution in [1.82, 2.24) is 9.62 Å². The van der Waals surface area contributed by atoms with Gasteiger partial charge in [0.1, 0.15) is 6.04 Å². The Morgan fingerprint density at radius 3 is 2.78 bits per heavy atom. The monoisotopic (exact) mass is 278 g/mol. The van der Waals surface area contributed by atoms with Crippen molar-refractivity contribution in [3.8, 4) is 0 Å². The summed E-state index contributed by atoms with van der Waals surface area (Å²) >= 11 is 0. The first kappa shape index (κ1) is 14.9. The second-order valence-corrected chi connectivity index (χ2v) is 6.52. The Balaban J connectivity index is 2.61. The molecule has 1 saturated heterocycles. The van der Waals surface area contributed by atoms with E-state index in [-0.39, 0.29) is 12.3 Å². The first-order valence-electron chi connectivity index (χ1n) is 5.72. The first-order chi connectivity index (χ1) is 8.34. The molecule has 0 aromatic rings. The van der Waals surface area contributed by atoms with Gasteiger partial charge in [-0.2, -0.15) is 0 Å². The smallest absolute Gasteiger partial charge is 0.326 e. The Kier molecular flexibility index (Phi) is 5.09. The van der Waals surface area contributed by atoms with Gasteiger partial charge in [0.2, 0.25) is 16.4 Å².